The minimum absolute atomic E-state index is 0.129. The molecular weight excluding hydrogens is 190 g/mol. The third-order valence-corrected chi connectivity index (χ3v) is 2.73. The third kappa shape index (κ3) is 3.09. The lowest BCUT2D eigenvalue weighted by Gasteiger charge is -2.09. The highest BCUT2D eigenvalue weighted by atomic mass is 16.1. The van der Waals surface area contributed by atoms with Crippen LogP contribution in [0.15, 0.2) is 18.3 Å². The second kappa shape index (κ2) is 4.98. The van der Waals surface area contributed by atoms with E-state index in [2.05, 4.69) is 15.6 Å². The molecule has 2 rings (SSSR count). The summed E-state index contributed by atoms with van der Waals surface area (Å²) in [5.74, 6) is 0.129. The topological polar surface area (TPSA) is 56.9 Å². The molecule has 15 heavy (non-hydrogen) atoms. The number of amides is 1. The third-order valence-electron chi connectivity index (χ3n) is 2.73. The van der Waals surface area contributed by atoms with Crippen LogP contribution in [0.2, 0.25) is 0 Å². The molecule has 0 saturated carbocycles. The normalized spacial score (nSPS) is 20.4. The molecule has 1 amide bonds. The van der Waals surface area contributed by atoms with Gasteiger partial charge in [0.25, 0.3) is 0 Å². The van der Waals surface area contributed by atoms with Gasteiger partial charge in [-0.15, -0.1) is 0 Å². The fourth-order valence-electron chi connectivity index (χ4n) is 1.90. The number of nitrogens with one attached hydrogen (secondary N) is 3. The molecule has 3 N–H and O–H groups in total. The molecule has 1 aromatic heterocycles. The summed E-state index contributed by atoms with van der Waals surface area (Å²) in [6.45, 7) is 1.65. The number of aromatic amines is 1. The fraction of sp³-hybridized carbons (Fsp3) is 0.545. The predicted octanol–water partition coefficient (Wildman–Crippen LogP) is 0.773. The lowest BCUT2D eigenvalue weighted by Crippen LogP contribution is -2.31. The standard InChI is InChI=1S/C11H17N3O/c15-11(7-9-3-1-5-12-9)14-8-10-4-2-6-13-10/h2,4,6,9,12-13H,1,3,5,7-8H2,(H,14,15). The van der Waals surface area contributed by atoms with Gasteiger partial charge in [-0.1, -0.05) is 0 Å². The fourth-order valence-corrected chi connectivity index (χ4v) is 1.90. The summed E-state index contributed by atoms with van der Waals surface area (Å²) in [5.41, 5.74) is 1.04. The van der Waals surface area contributed by atoms with Gasteiger partial charge >= 0.3 is 0 Å². The van der Waals surface area contributed by atoms with Crippen molar-refractivity contribution in [3.63, 3.8) is 0 Å². The van der Waals surface area contributed by atoms with Crippen molar-refractivity contribution in [2.75, 3.05) is 6.54 Å². The van der Waals surface area contributed by atoms with Crippen LogP contribution < -0.4 is 10.6 Å². The number of hydrogen-bond donors (Lipinski definition) is 3. The van der Waals surface area contributed by atoms with Gasteiger partial charge in [-0.3, -0.25) is 4.79 Å². The molecular formula is C11H17N3O. The Balaban J connectivity index is 1.68. The Morgan fingerprint density at radius 2 is 2.53 bits per heavy atom. The predicted molar refractivity (Wildman–Crippen MR) is 58.3 cm³/mol. The number of aromatic nitrogens is 1. The molecule has 1 aliphatic rings. The molecule has 0 bridgehead atoms. The highest BCUT2D eigenvalue weighted by Gasteiger charge is 2.17. The monoisotopic (exact) mass is 207 g/mol. The Labute approximate surface area is 89.5 Å². The first kappa shape index (κ1) is 10.2. The largest absolute Gasteiger partial charge is 0.364 e. The van der Waals surface area contributed by atoms with E-state index in [1.807, 2.05) is 18.3 Å². The number of carbonyl (C=O) groups is 1. The summed E-state index contributed by atoms with van der Waals surface area (Å²) in [5, 5.41) is 6.21. The van der Waals surface area contributed by atoms with E-state index < -0.39 is 0 Å². The van der Waals surface area contributed by atoms with Gasteiger partial charge in [0, 0.05) is 24.4 Å². The van der Waals surface area contributed by atoms with Gasteiger partial charge in [-0.2, -0.15) is 0 Å². The quantitative estimate of drug-likeness (QED) is 0.683. The van der Waals surface area contributed by atoms with Crippen LogP contribution in [0.5, 0.6) is 0 Å². The summed E-state index contributed by atoms with van der Waals surface area (Å²) in [4.78, 5) is 14.6. The molecule has 1 unspecified atom stereocenters. The lowest BCUT2D eigenvalue weighted by atomic mass is 10.1. The van der Waals surface area contributed by atoms with E-state index in [4.69, 9.17) is 0 Å². The van der Waals surface area contributed by atoms with Crippen LogP contribution in [0.25, 0.3) is 0 Å². The first-order valence-corrected chi connectivity index (χ1v) is 5.47. The van der Waals surface area contributed by atoms with Crippen LogP contribution in [0.3, 0.4) is 0 Å². The smallest absolute Gasteiger partial charge is 0.221 e. The van der Waals surface area contributed by atoms with E-state index in [1.54, 1.807) is 0 Å². The van der Waals surface area contributed by atoms with Crippen LogP contribution in [0.1, 0.15) is 25.0 Å². The van der Waals surface area contributed by atoms with E-state index in [0.717, 1.165) is 18.7 Å². The lowest BCUT2D eigenvalue weighted by molar-refractivity contribution is -0.121. The van der Waals surface area contributed by atoms with Crippen molar-refractivity contribution >= 4 is 5.91 Å². The average Bonchev–Trinajstić information content (AvgIpc) is 2.86. The molecule has 1 aromatic rings. The first-order valence-electron chi connectivity index (χ1n) is 5.47. The molecule has 4 heteroatoms. The number of H-pyrrole nitrogens is 1. The van der Waals surface area contributed by atoms with Gasteiger partial charge in [0.1, 0.15) is 0 Å². The maximum Gasteiger partial charge on any atom is 0.221 e. The van der Waals surface area contributed by atoms with Gasteiger partial charge in [0.2, 0.25) is 5.91 Å². The van der Waals surface area contributed by atoms with E-state index in [9.17, 15) is 4.79 Å². The number of rotatable bonds is 4. The Hall–Kier alpha value is -1.29. The van der Waals surface area contributed by atoms with Gasteiger partial charge in [0.15, 0.2) is 0 Å². The summed E-state index contributed by atoms with van der Waals surface area (Å²) < 4.78 is 0. The van der Waals surface area contributed by atoms with Crippen LogP contribution in [-0.2, 0) is 11.3 Å². The Morgan fingerprint density at radius 1 is 1.60 bits per heavy atom. The molecule has 82 valence electrons. The molecule has 4 nitrogen and oxygen atoms in total. The Kier molecular flexibility index (Phi) is 3.40. The van der Waals surface area contributed by atoms with Crippen molar-refractivity contribution in [2.24, 2.45) is 0 Å². The highest BCUT2D eigenvalue weighted by Crippen LogP contribution is 2.08. The summed E-state index contributed by atoms with van der Waals surface area (Å²) in [6, 6.07) is 4.28. The zero-order chi connectivity index (χ0) is 10.5. The van der Waals surface area contributed by atoms with Crippen molar-refractivity contribution in [3.8, 4) is 0 Å². The highest BCUT2D eigenvalue weighted by molar-refractivity contribution is 5.76. The van der Waals surface area contributed by atoms with Crippen LogP contribution in [0.4, 0.5) is 0 Å². The number of hydrogen-bond acceptors (Lipinski definition) is 2. The minimum atomic E-state index is 0.129. The van der Waals surface area contributed by atoms with Crippen molar-refractivity contribution < 1.29 is 4.79 Å². The first-order chi connectivity index (χ1) is 7.34. The zero-order valence-electron chi connectivity index (χ0n) is 8.75. The van der Waals surface area contributed by atoms with Gasteiger partial charge in [0.05, 0.1) is 6.54 Å². The molecule has 2 heterocycles. The van der Waals surface area contributed by atoms with Crippen LogP contribution in [-0.4, -0.2) is 23.5 Å². The van der Waals surface area contributed by atoms with Crippen molar-refractivity contribution in [2.45, 2.75) is 31.8 Å². The van der Waals surface area contributed by atoms with E-state index in [1.165, 1.54) is 6.42 Å². The van der Waals surface area contributed by atoms with Crippen molar-refractivity contribution in [1.29, 1.82) is 0 Å². The maximum absolute atomic E-state index is 11.5. The molecule has 1 saturated heterocycles. The second-order valence-electron chi connectivity index (χ2n) is 3.97. The molecule has 0 aromatic carbocycles. The van der Waals surface area contributed by atoms with Gasteiger partial charge < -0.3 is 15.6 Å². The van der Waals surface area contributed by atoms with Crippen LogP contribution >= 0.6 is 0 Å². The Bertz CT molecular complexity index is 302. The summed E-state index contributed by atoms with van der Waals surface area (Å²) >= 11 is 0. The summed E-state index contributed by atoms with van der Waals surface area (Å²) in [6.07, 6.45) is 4.77. The second-order valence-corrected chi connectivity index (χ2v) is 3.97. The summed E-state index contributed by atoms with van der Waals surface area (Å²) in [7, 11) is 0. The number of carbonyl (C=O) groups excluding carboxylic acids is 1. The molecule has 1 atom stereocenters. The van der Waals surface area contributed by atoms with Crippen molar-refractivity contribution in [3.05, 3.63) is 24.0 Å². The van der Waals surface area contributed by atoms with Crippen molar-refractivity contribution in [1.82, 2.24) is 15.6 Å². The maximum atomic E-state index is 11.5. The molecule has 0 radical (unpaired) electrons. The minimum Gasteiger partial charge on any atom is -0.364 e. The SMILES string of the molecule is O=C(CC1CCCN1)NCc1ccc[nH]1. The van der Waals surface area contributed by atoms with Crippen LogP contribution in [0, 0.1) is 0 Å². The molecule has 0 spiro atoms. The zero-order valence-corrected chi connectivity index (χ0v) is 8.75. The average molecular weight is 207 g/mol. The molecule has 1 aliphatic heterocycles. The van der Waals surface area contributed by atoms with E-state index in [-0.39, 0.29) is 5.91 Å². The molecule has 0 aliphatic carbocycles. The van der Waals surface area contributed by atoms with E-state index in [0.29, 0.717) is 19.0 Å². The van der Waals surface area contributed by atoms with Gasteiger partial charge in [-0.25, -0.2) is 0 Å². The van der Waals surface area contributed by atoms with Gasteiger partial charge in [-0.05, 0) is 31.5 Å². The molecule has 1 fully saturated rings. The van der Waals surface area contributed by atoms with E-state index >= 15 is 0 Å². The Morgan fingerprint density at radius 3 is 3.20 bits per heavy atom.